The number of rotatable bonds is 8. The van der Waals surface area contributed by atoms with Gasteiger partial charge in [0.05, 0.1) is 12.3 Å². The molecule has 1 unspecified atom stereocenters. The summed E-state index contributed by atoms with van der Waals surface area (Å²) in [6.07, 6.45) is 3.56. The molecule has 0 aromatic heterocycles. The maximum Gasteiger partial charge on any atom is 0.142 e. The van der Waals surface area contributed by atoms with Gasteiger partial charge < -0.3 is 10.1 Å². The van der Waals surface area contributed by atoms with Crippen LogP contribution in [0.5, 0.6) is 5.75 Å². The SMILES string of the molecule is CCCOc1ccccc1NCC(C)CCC. The Balaban J connectivity index is 2.51. The van der Waals surface area contributed by atoms with Gasteiger partial charge in [0.25, 0.3) is 0 Å². The van der Waals surface area contributed by atoms with Crippen LogP contribution in [0.15, 0.2) is 24.3 Å². The summed E-state index contributed by atoms with van der Waals surface area (Å²) in [5.41, 5.74) is 1.11. The Bertz CT molecular complexity index is 312. The van der Waals surface area contributed by atoms with E-state index in [9.17, 15) is 0 Å². The van der Waals surface area contributed by atoms with Crippen molar-refractivity contribution >= 4 is 5.69 Å². The molecule has 1 atom stereocenters. The number of hydrogen-bond acceptors (Lipinski definition) is 2. The van der Waals surface area contributed by atoms with Gasteiger partial charge in [0.1, 0.15) is 5.75 Å². The summed E-state index contributed by atoms with van der Waals surface area (Å²) < 4.78 is 5.72. The molecule has 0 aliphatic rings. The lowest BCUT2D eigenvalue weighted by Gasteiger charge is -2.15. The van der Waals surface area contributed by atoms with E-state index in [4.69, 9.17) is 4.74 Å². The Morgan fingerprint density at radius 1 is 1.18 bits per heavy atom. The van der Waals surface area contributed by atoms with Crippen molar-refractivity contribution in [1.82, 2.24) is 0 Å². The van der Waals surface area contributed by atoms with Gasteiger partial charge in [0.2, 0.25) is 0 Å². The van der Waals surface area contributed by atoms with Crippen LogP contribution >= 0.6 is 0 Å². The van der Waals surface area contributed by atoms with E-state index < -0.39 is 0 Å². The molecule has 1 N–H and O–H groups in total. The van der Waals surface area contributed by atoms with Crippen molar-refractivity contribution in [2.45, 2.75) is 40.0 Å². The molecule has 0 saturated carbocycles. The van der Waals surface area contributed by atoms with Crippen LogP contribution in [0.1, 0.15) is 40.0 Å². The molecule has 1 rings (SSSR count). The molecule has 0 aliphatic heterocycles. The van der Waals surface area contributed by atoms with Crippen LogP contribution in [0.4, 0.5) is 5.69 Å². The minimum absolute atomic E-state index is 0.708. The van der Waals surface area contributed by atoms with E-state index in [1.807, 2.05) is 18.2 Å². The molecule has 0 heterocycles. The first kappa shape index (κ1) is 13.9. The smallest absolute Gasteiger partial charge is 0.142 e. The predicted molar refractivity (Wildman–Crippen MR) is 74.8 cm³/mol. The number of nitrogens with one attached hydrogen (secondary N) is 1. The van der Waals surface area contributed by atoms with Crippen molar-refractivity contribution in [3.05, 3.63) is 24.3 Å². The summed E-state index contributed by atoms with van der Waals surface area (Å²) >= 11 is 0. The van der Waals surface area contributed by atoms with E-state index in [2.05, 4.69) is 32.2 Å². The maximum absolute atomic E-state index is 5.72. The van der Waals surface area contributed by atoms with Crippen molar-refractivity contribution in [3.8, 4) is 5.75 Å². The molecule has 1 aromatic carbocycles. The van der Waals surface area contributed by atoms with Gasteiger partial charge in [0, 0.05) is 6.54 Å². The Hall–Kier alpha value is -1.18. The van der Waals surface area contributed by atoms with E-state index in [0.29, 0.717) is 5.92 Å². The fourth-order valence-corrected chi connectivity index (χ4v) is 1.83. The summed E-state index contributed by atoms with van der Waals surface area (Å²) in [6.45, 7) is 8.43. The minimum Gasteiger partial charge on any atom is -0.491 e. The lowest BCUT2D eigenvalue weighted by atomic mass is 10.1. The van der Waals surface area contributed by atoms with Gasteiger partial charge in [-0.2, -0.15) is 0 Å². The average molecular weight is 235 g/mol. The molecule has 0 saturated heterocycles. The Morgan fingerprint density at radius 3 is 2.65 bits per heavy atom. The Morgan fingerprint density at radius 2 is 1.94 bits per heavy atom. The third kappa shape index (κ3) is 5.12. The summed E-state index contributed by atoms with van der Waals surface area (Å²) in [5, 5.41) is 3.48. The monoisotopic (exact) mass is 235 g/mol. The highest BCUT2D eigenvalue weighted by Crippen LogP contribution is 2.24. The highest BCUT2D eigenvalue weighted by molar-refractivity contribution is 5.56. The molecule has 0 fully saturated rings. The molecular weight excluding hydrogens is 210 g/mol. The molecule has 2 heteroatoms. The van der Waals surface area contributed by atoms with Crippen molar-refractivity contribution in [3.63, 3.8) is 0 Å². The fraction of sp³-hybridized carbons (Fsp3) is 0.600. The Kier molecular flexibility index (Phi) is 6.53. The summed E-state index contributed by atoms with van der Waals surface area (Å²) in [7, 11) is 0. The van der Waals surface area contributed by atoms with Gasteiger partial charge in [0.15, 0.2) is 0 Å². The second-order valence-corrected chi connectivity index (χ2v) is 4.62. The molecule has 0 amide bonds. The maximum atomic E-state index is 5.72. The normalized spacial score (nSPS) is 12.2. The van der Waals surface area contributed by atoms with Crippen molar-refractivity contribution < 1.29 is 4.74 Å². The molecule has 0 aliphatic carbocycles. The number of ether oxygens (including phenoxy) is 1. The van der Waals surface area contributed by atoms with Gasteiger partial charge in [-0.05, 0) is 30.9 Å². The van der Waals surface area contributed by atoms with Gasteiger partial charge in [-0.15, -0.1) is 0 Å². The van der Waals surface area contributed by atoms with Crippen LogP contribution in [0.3, 0.4) is 0 Å². The van der Waals surface area contributed by atoms with Crippen LogP contribution < -0.4 is 10.1 Å². The van der Waals surface area contributed by atoms with Crippen molar-refractivity contribution in [1.29, 1.82) is 0 Å². The topological polar surface area (TPSA) is 21.3 Å². The largest absolute Gasteiger partial charge is 0.491 e. The highest BCUT2D eigenvalue weighted by Gasteiger charge is 2.04. The van der Waals surface area contributed by atoms with Gasteiger partial charge >= 0.3 is 0 Å². The zero-order valence-corrected chi connectivity index (χ0v) is 11.3. The molecule has 96 valence electrons. The predicted octanol–water partition coefficient (Wildman–Crippen LogP) is 4.32. The number of para-hydroxylation sites is 2. The van der Waals surface area contributed by atoms with Gasteiger partial charge in [-0.1, -0.05) is 39.3 Å². The molecule has 2 nitrogen and oxygen atoms in total. The molecular formula is C15H25NO. The Labute approximate surface area is 105 Å². The summed E-state index contributed by atoms with van der Waals surface area (Å²) in [5.74, 6) is 1.68. The van der Waals surface area contributed by atoms with Crippen LogP contribution in [0.25, 0.3) is 0 Å². The quantitative estimate of drug-likeness (QED) is 0.724. The third-order valence-electron chi connectivity index (χ3n) is 2.77. The van der Waals surface area contributed by atoms with Crippen molar-refractivity contribution in [2.75, 3.05) is 18.5 Å². The van der Waals surface area contributed by atoms with Crippen LogP contribution in [-0.2, 0) is 0 Å². The first-order valence-electron chi connectivity index (χ1n) is 6.73. The van der Waals surface area contributed by atoms with E-state index in [1.165, 1.54) is 12.8 Å². The van der Waals surface area contributed by atoms with Gasteiger partial charge in [-0.25, -0.2) is 0 Å². The zero-order chi connectivity index (χ0) is 12.5. The number of anilines is 1. The molecule has 0 bridgehead atoms. The van der Waals surface area contributed by atoms with Gasteiger partial charge in [-0.3, -0.25) is 0 Å². The first-order valence-corrected chi connectivity index (χ1v) is 6.73. The molecule has 17 heavy (non-hydrogen) atoms. The molecule has 0 radical (unpaired) electrons. The summed E-state index contributed by atoms with van der Waals surface area (Å²) in [6, 6.07) is 8.18. The second kappa shape index (κ2) is 7.99. The number of hydrogen-bond donors (Lipinski definition) is 1. The molecule has 1 aromatic rings. The van der Waals surface area contributed by atoms with Crippen LogP contribution in [-0.4, -0.2) is 13.2 Å². The highest BCUT2D eigenvalue weighted by atomic mass is 16.5. The van der Waals surface area contributed by atoms with Crippen LogP contribution in [0, 0.1) is 5.92 Å². The standard InChI is InChI=1S/C15H25NO/c1-4-8-13(3)12-16-14-9-6-7-10-15(14)17-11-5-2/h6-7,9-10,13,16H,4-5,8,11-12H2,1-3H3. The van der Waals surface area contributed by atoms with E-state index >= 15 is 0 Å². The van der Waals surface area contributed by atoms with Crippen LogP contribution in [0.2, 0.25) is 0 Å². The lowest BCUT2D eigenvalue weighted by Crippen LogP contribution is -2.12. The fourth-order valence-electron chi connectivity index (χ4n) is 1.83. The van der Waals surface area contributed by atoms with E-state index in [0.717, 1.165) is 31.0 Å². The van der Waals surface area contributed by atoms with Crippen molar-refractivity contribution in [2.24, 2.45) is 5.92 Å². The molecule has 0 spiro atoms. The zero-order valence-electron chi connectivity index (χ0n) is 11.3. The minimum atomic E-state index is 0.708. The van der Waals surface area contributed by atoms with E-state index in [1.54, 1.807) is 0 Å². The van der Waals surface area contributed by atoms with E-state index in [-0.39, 0.29) is 0 Å². The average Bonchev–Trinajstić information content (AvgIpc) is 2.35. The summed E-state index contributed by atoms with van der Waals surface area (Å²) in [4.78, 5) is 0. The second-order valence-electron chi connectivity index (χ2n) is 4.62. The number of benzene rings is 1. The lowest BCUT2D eigenvalue weighted by molar-refractivity contribution is 0.318. The third-order valence-corrected chi connectivity index (χ3v) is 2.77. The first-order chi connectivity index (χ1) is 8.27.